The van der Waals surface area contributed by atoms with Crippen LogP contribution in [0.2, 0.25) is 0 Å². The number of aromatic nitrogens is 3. The number of benzene rings is 1. The summed E-state index contributed by atoms with van der Waals surface area (Å²) in [6.07, 6.45) is 7.47. The highest BCUT2D eigenvalue weighted by Gasteiger charge is 2.35. The zero-order valence-corrected chi connectivity index (χ0v) is 17.7. The summed E-state index contributed by atoms with van der Waals surface area (Å²) >= 11 is 0. The summed E-state index contributed by atoms with van der Waals surface area (Å²) in [6, 6.07) is 11.8. The van der Waals surface area contributed by atoms with E-state index in [-0.39, 0.29) is 17.8 Å². The summed E-state index contributed by atoms with van der Waals surface area (Å²) < 4.78 is 11.1. The monoisotopic (exact) mass is 405 g/mol. The van der Waals surface area contributed by atoms with Crippen molar-refractivity contribution in [3.05, 3.63) is 54.4 Å². The second-order valence-electron chi connectivity index (χ2n) is 8.81. The van der Waals surface area contributed by atoms with Gasteiger partial charge in [-0.05, 0) is 69.4 Å². The van der Waals surface area contributed by atoms with Gasteiger partial charge < -0.3 is 9.26 Å². The minimum Gasteiger partial charge on any atom is -0.460 e. The van der Waals surface area contributed by atoms with E-state index < -0.39 is 5.60 Å². The van der Waals surface area contributed by atoms with E-state index in [1.807, 2.05) is 45.0 Å². The third-order valence-corrected chi connectivity index (χ3v) is 5.43. The quantitative estimate of drug-likeness (QED) is 0.540. The summed E-state index contributed by atoms with van der Waals surface area (Å²) in [5.74, 6) is 1.01. The Labute approximate surface area is 176 Å². The highest BCUT2D eigenvalue weighted by Crippen LogP contribution is 2.39. The number of esters is 1. The summed E-state index contributed by atoms with van der Waals surface area (Å²) in [6.45, 7) is 5.76. The molecule has 0 radical (unpaired) electrons. The molecule has 1 saturated carbocycles. The SMILES string of the molecule is CC(C)(C)OC(=O)C1CCCCC1c1ccc(-c2nc(-c3ccncc3)no2)cc1. The van der Waals surface area contributed by atoms with Crippen molar-refractivity contribution in [2.24, 2.45) is 5.92 Å². The molecule has 0 aliphatic heterocycles. The van der Waals surface area contributed by atoms with Gasteiger partial charge in [-0.1, -0.05) is 30.1 Å². The standard InChI is InChI=1S/C24H27N3O3/c1-24(2,3)29-23(28)20-7-5-4-6-19(20)16-8-10-18(11-9-16)22-26-21(27-30-22)17-12-14-25-15-13-17/h8-15,19-20H,4-7H2,1-3H3. The molecule has 1 aromatic carbocycles. The third-order valence-electron chi connectivity index (χ3n) is 5.43. The number of carbonyl (C=O) groups excluding carboxylic acids is 1. The van der Waals surface area contributed by atoms with Crippen LogP contribution in [0.15, 0.2) is 53.3 Å². The van der Waals surface area contributed by atoms with Gasteiger partial charge in [-0.25, -0.2) is 0 Å². The Hall–Kier alpha value is -3.02. The van der Waals surface area contributed by atoms with Crippen molar-refractivity contribution in [2.75, 3.05) is 0 Å². The summed E-state index contributed by atoms with van der Waals surface area (Å²) in [5, 5.41) is 4.07. The number of ether oxygens (including phenoxy) is 1. The molecule has 2 aromatic heterocycles. The Morgan fingerprint density at radius 1 is 1.00 bits per heavy atom. The van der Waals surface area contributed by atoms with Crippen LogP contribution in [-0.2, 0) is 9.53 Å². The van der Waals surface area contributed by atoms with Crippen molar-refractivity contribution in [3.63, 3.8) is 0 Å². The van der Waals surface area contributed by atoms with Crippen LogP contribution in [0.25, 0.3) is 22.8 Å². The first-order valence-electron chi connectivity index (χ1n) is 10.5. The van der Waals surface area contributed by atoms with Crippen molar-refractivity contribution in [1.29, 1.82) is 0 Å². The predicted molar refractivity (Wildman–Crippen MR) is 114 cm³/mol. The molecular weight excluding hydrogens is 378 g/mol. The number of carbonyl (C=O) groups is 1. The zero-order chi connectivity index (χ0) is 21.1. The maximum atomic E-state index is 12.8. The third kappa shape index (κ3) is 4.58. The van der Waals surface area contributed by atoms with E-state index in [1.54, 1.807) is 12.4 Å². The number of rotatable bonds is 4. The largest absolute Gasteiger partial charge is 0.460 e. The van der Waals surface area contributed by atoms with Gasteiger partial charge in [0, 0.05) is 23.5 Å². The fraction of sp³-hybridized carbons (Fsp3) is 0.417. The first-order chi connectivity index (χ1) is 14.4. The van der Waals surface area contributed by atoms with Crippen LogP contribution in [0, 0.1) is 5.92 Å². The maximum absolute atomic E-state index is 12.8. The lowest BCUT2D eigenvalue weighted by atomic mass is 9.75. The Kier molecular flexibility index (Phi) is 5.66. The lowest BCUT2D eigenvalue weighted by molar-refractivity contribution is -0.161. The molecule has 4 rings (SSSR count). The molecule has 30 heavy (non-hydrogen) atoms. The van der Waals surface area contributed by atoms with Gasteiger partial charge in [0.1, 0.15) is 5.60 Å². The van der Waals surface area contributed by atoms with Crippen molar-refractivity contribution >= 4 is 5.97 Å². The molecular formula is C24H27N3O3. The van der Waals surface area contributed by atoms with Crippen LogP contribution in [0.4, 0.5) is 0 Å². The molecule has 0 N–H and O–H groups in total. The van der Waals surface area contributed by atoms with Crippen molar-refractivity contribution in [2.45, 2.75) is 58.0 Å². The molecule has 2 heterocycles. The predicted octanol–water partition coefficient (Wildman–Crippen LogP) is 5.41. The number of nitrogens with zero attached hydrogens (tertiary/aromatic N) is 3. The van der Waals surface area contributed by atoms with Gasteiger partial charge in [0.05, 0.1) is 5.92 Å². The first-order valence-corrected chi connectivity index (χ1v) is 10.5. The minimum absolute atomic E-state index is 0.0878. The van der Waals surface area contributed by atoms with Gasteiger partial charge in [-0.3, -0.25) is 9.78 Å². The first kappa shape index (κ1) is 20.3. The van der Waals surface area contributed by atoms with Gasteiger partial charge in [0.2, 0.25) is 5.82 Å². The fourth-order valence-corrected chi connectivity index (χ4v) is 4.02. The van der Waals surface area contributed by atoms with Gasteiger partial charge in [0.25, 0.3) is 5.89 Å². The molecule has 6 nitrogen and oxygen atoms in total. The molecule has 1 fully saturated rings. The van der Waals surface area contributed by atoms with Gasteiger partial charge >= 0.3 is 5.97 Å². The minimum atomic E-state index is -0.465. The molecule has 3 aromatic rings. The Morgan fingerprint density at radius 2 is 1.70 bits per heavy atom. The summed E-state index contributed by atoms with van der Waals surface area (Å²) in [4.78, 5) is 21.3. The highest BCUT2D eigenvalue weighted by atomic mass is 16.6. The Morgan fingerprint density at radius 3 is 2.40 bits per heavy atom. The van der Waals surface area contributed by atoms with Crippen LogP contribution >= 0.6 is 0 Å². The molecule has 1 aliphatic rings. The van der Waals surface area contributed by atoms with Gasteiger partial charge in [0.15, 0.2) is 0 Å². The molecule has 0 amide bonds. The van der Waals surface area contributed by atoms with E-state index in [9.17, 15) is 4.79 Å². The molecule has 0 spiro atoms. The van der Waals surface area contributed by atoms with E-state index in [4.69, 9.17) is 9.26 Å². The van der Waals surface area contributed by atoms with Crippen molar-refractivity contribution in [1.82, 2.24) is 15.1 Å². The smallest absolute Gasteiger partial charge is 0.310 e. The van der Waals surface area contributed by atoms with E-state index in [0.29, 0.717) is 11.7 Å². The van der Waals surface area contributed by atoms with Crippen LogP contribution in [-0.4, -0.2) is 26.7 Å². The normalized spacial score (nSPS) is 19.4. The Bertz CT molecular complexity index is 991. The molecule has 1 aliphatic carbocycles. The molecule has 6 heteroatoms. The average Bonchev–Trinajstić information content (AvgIpc) is 3.24. The number of pyridine rings is 1. The van der Waals surface area contributed by atoms with E-state index in [1.165, 1.54) is 0 Å². The van der Waals surface area contributed by atoms with Crippen molar-refractivity contribution in [3.8, 4) is 22.8 Å². The number of hydrogen-bond donors (Lipinski definition) is 0. The van der Waals surface area contributed by atoms with Crippen LogP contribution in [0.3, 0.4) is 0 Å². The van der Waals surface area contributed by atoms with Crippen LogP contribution in [0.1, 0.15) is 57.9 Å². The lowest BCUT2D eigenvalue weighted by Gasteiger charge is -2.32. The lowest BCUT2D eigenvalue weighted by Crippen LogP contribution is -2.33. The maximum Gasteiger partial charge on any atom is 0.310 e. The van der Waals surface area contributed by atoms with Crippen molar-refractivity contribution < 1.29 is 14.1 Å². The summed E-state index contributed by atoms with van der Waals surface area (Å²) in [7, 11) is 0. The van der Waals surface area contributed by atoms with Gasteiger partial charge in [-0.2, -0.15) is 4.98 Å². The van der Waals surface area contributed by atoms with E-state index in [0.717, 1.165) is 42.4 Å². The fourth-order valence-electron chi connectivity index (χ4n) is 4.02. The molecule has 0 bridgehead atoms. The molecule has 2 unspecified atom stereocenters. The van der Waals surface area contributed by atoms with Crippen LogP contribution < -0.4 is 0 Å². The summed E-state index contributed by atoms with van der Waals surface area (Å²) in [5.41, 5.74) is 2.41. The second-order valence-corrected chi connectivity index (χ2v) is 8.81. The van der Waals surface area contributed by atoms with Crippen LogP contribution in [0.5, 0.6) is 0 Å². The zero-order valence-electron chi connectivity index (χ0n) is 17.7. The molecule has 2 atom stereocenters. The van der Waals surface area contributed by atoms with Gasteiger partial charge in [-0.15, -0.1) is 0 Å². The topological polar surface area (TPSA) is 78.1 Å². The number of hydrogen-bond acceptors (Lipinski definition) is 6. The average molecular weight is 405 g/mol. The highest BCUT2D eigenvalue weighted by molar-refractivity contribution is 5.74. The molecule has 0 saturated heterocycles. The van der Waals surface area contributed by atoms with E-state index in [2.05, 4.69) is 27.3 Å². The Balaban J connectivity index is 1.52. The van der Waals surface area contributed by atoms with E-state index >= 15 is 0 Å². The molecule has 156 valence electrons. The second kappa shape index (κ2) is 8.38.